The molecule has 0 aromatic heterocycles. The van der Waals surface area contributed by atoms with E-state index >= 15 is 0 Å². The number of ketones is 1. The van der Waals surface area contributed by atoms with Gasteiger partial charge >= 0.3 is 0 Å². The van der Waals surface area contributed by atoms with Gasteiger partial charge < -0.3 is 0 Å². The number of nitro groups is 1. The van der Waals surface area contributed by atoms with Gasteiger partial charge in [-0.3, -0.25) is 14.9 Å². The summed E-state index contributed by atoms with van der Waals surface area (Å²) in [6.45, 7) is 1.68. The third kappa shape index (κ3) is 2.72. The molecule has 5 heteroatoms. The molecule has 0 aliphatic carbocycles. The van der Waals surface area contributed by atoms with Crippen molar-refractivity contribution in [2.24, 2.45) is 0 Å². The summed E-state index contributed by atoms with van der Waals surface area (Å²) in [4.78, 5) is 22.7. The highest BCUT2D eigenvalue weighted by atomic mass is 32.2. The minimum absolute atomic E-state index is 0.0268. The highest BCUT2D eigenvalue weighted by Gasteiger charge is 2.24. The smallest absolute Gasteiger partial charge is 0.273 e. The first-order chi connectivity index (χ1) is 8.59. The van der Waals surface area contributed by atoms with Crippen molar-refractivity contribution >= 4 is 23.2 Å². The standard InChI is InChI=1S/C13H15NO3S/c1-9-5-6-10(8-11(9)14(16)17)13(15)12-4-2-3-7-18-12/h5-6,8,12H,2-4,7H2,1H3. The number of nitrogens with zero attached hydrogens (tertiary/aromatic N) is 1. The summed E-state index contributed by atoms with van der Waals surface area (Å²) in [5.41, 5.74) is 1.08. The first kappa shape index (κ1) is 13.1. The second kappa shape index (κ2) is 5.52. The molecule has 0 spiro atoms. The van der Waals surface area contributed by atoms with Crippen molar-refractivity contribution in [2.75, 3.05) is 5.75 Å². The van der Waals surface area contributed by atoms with Gasteiger partial charge in [0.2, 0.25) is 0 Å². The second-order valence-electron chi connectivity index (χ2n) is 4.48. The largest absolute Gasteiger partial charge is 0.293 e. The molecule has 1 aliphatic heterocycles. The quantitative estimate of drug-likeness (QED) is 0.477. The van der Waals surface area contributed by atoms with Gasteiger partial charge in [-0.15, -0.1) is 0 Å². The van der Waals surface area contributed by atoms with Gasteiger partial charge in [0.15, 0.2) is 5.78 Å². The van der Waals surface area contributed by atoms with Gasteiger partial charge in [0.05, 0.1) is 10.2 Å². The molecule has 1 heterocycles. The van der Waals surface area contributed by atoms with E-state index in [-0.39, 0.29) is 16.7 Å². The number of aryl methyl sites for hydroxylation is 1. The van der Waals surface area contributed by atoms with Crippen LogP contribution in [-0.4, -0.2) is 21.7 Å². The van der Waals surface area contributed by atoms with E-state index in [0.29, 0.717) is 11.1 Å². The van der Waals surface area contributed by atoms with Crippen LogP contribution in [0.5, 0.6) is 0 Å². The van der Waals surface area contributed by atoms with Crippen molar-refractivity contribution < 1.29 is 9.72 Å². The van der Waals surface area contributed by atoms with Crippen LogP contribution in [0.4, 0.5) is 5.69 Å². The van der Waals surface area contributed by atoms with Crippen LogP contribution in [0.3, 0.4) is 0 Å². The fraction of sp³-hybridized carbons (Fsp3) is 0.462. The summed E-state index contributed by atoms with van der Waals surface area (Å²) in [6, 6.07) is 4.76. The van der Waals surface area contributed by atoms with Gasteiger partial charge in [0, 0.05) is 17.2 Å². The van der Waals surface area contributed by atoms with Crippen LogP contribution >= 0.6 is 11.8 Å². The Morgan fingerprint density at radius 2 is 2.22 bits per heavy atom. The molecule has 0 saturated carbocycles. The lowest BCUT2D eigenvalue weighted by Gasteiger charge is -2.19. The van der Waals surface area contributed by atoms with E-state index in [1.54, 1.807) is 30.8 Å². The lowest BCUT2D eigenvalue weighted by molar-refractivity contribution is -0.385. The van der Waals surface area contributed by atoms with Gasteiger partial charge in [-0.1, -0.05) is 18.6 Å². The number of rotatable bonds is 3. The molecule has 1 aliphatic rings. The number of nitro benzene ring substituents is 1. The van der Waals surface area contributed by atoms with Crippen molar-refractivity contribution in [3.05, 3.63) is 39.4 Å². The predicted octanol–water partition coefficient (Wildman–Crippen LogP) is 3.37. The van der Waals surface area contributed by atoms with Crippen molar-refractivity contribution in [1.29, 1.82) is 0 Å². The maximum Gasteiger partial charge on any atom is 0.273 e. The fourth-order valence-corrected chi connectivity index (χ4v) is 3.37. The average Bonchev–Trinajstić information content (AvgIpc) is 2.39. The number of hydrogen-bond donors (Lipinski definition) is 0. The Balaban J connectivity index is 2.24. The van der Waals surface area contributed by atoms with Crippen molar-refractivity contribution in [1.82, 2.24) is 0 Å². The van der Waals surface area contributed by atoms with Crippen molar-refractivity contribution in [2.45, 2.75) is 31.4 Å². The van der Waals surface area contributed by atoms with E-state index in [9.17, 15) is 14.9 Å². The highest BCUT2D eigenvalue weighted by molar-refractivity contribution is 8.00. The molecule has 1 aromatic carbocycles. The monoisotopic (exact) mass is 265 g/mol. The number of carbonyl (C=O) groups is 1. The fourth-order valence-electron chi connectivity index (χ4n) is 2.09. The molecule has 1 saturated heterocycles. The Morgan fingerprint density at radius 1 is 1.44 bits per heavy atom. The Hall–Kier alpha value is -1.36. The Kier molecular flexibility index (Phi) is 4.01. The molecule has 0 bridgehead atoms. The number of Topliss-reactive ketones (excluding diaryl/α,β-unsaturated/α-hetero) is 1. The van der Waals surface area contributed by atoms with E-state index in [1.807, 2.05) is 0 Å². The average molecular weight is 265 g/mol. The molecule has 4 nitrogen and oxygen atoms in total. The molecule has 0 N–H and O–H groups in total. The van der Waals surface area contributed by atoms with Crippen LogP contribution in [0.1, 0.15) is 35.2 Å². The van der Waals surface area contributed by atoms with Gasteiger partial charge in [0.1, 0.15) is 0 Å². The van der Waals surface area contributed by atoms with Crippen LogP contribution in [-0.2, 0) is 0 Å². The van der Waals surface area contributed by atoms with E-state index in [1.165, 1.54) is 6.07 Å². The molecule has 0 radical (unpaired) electrons. The summed E-state index contributed by atoms with van der Waals surface area (Å²) < 4.78 is 0. The van der Waals surface area contributed by atoms with E-state index < -0.39 is 4.92 Å². The van der Waals surface area contributed by atoms with E-state index in [2.05, 4.69) is 0 Å². The van der Waals surface area contributed by atoms with E-state index in [0.717, 1.165) is 25.0 Å². The molecular weight excluding hydrogens is 250 g/mol. The van der Waals surface area contributed by atoms with Crippen LogP contribution < -0.4 is 0 Å². The van der Waals surface area contributed by atoms with Gasteiger partial charge in [-0.2, -0.15) is 11.8 Å². The van der Waals surface area contributed by atoms with Crippen LogP contribution in [0.25, 0.3) is 0 Å². The summed E-state index contributed by atoms with van der Waals surface area (Å²) in [5, 5.41) is 10.8. The first-order valence-electron chi connectivity index (χ1n) is 6.00. The maximum absolute atomic E-state index is 12.2. The SMILES string of the molecule is Cc1ccc(C(=O)C2CCCCS2)cc1[N+](=O)[O-]. The lowest BCUT2D eigenvalue weighted by atomic mass is 10.0. The summed E-state index contributed by atoms with van der Waals surface area (Å²) in [6.07, 6.45) is 3.10. The second-order valence-corrected chi connectivity index (χ2v) is 5.79. The molecule has 1 atom stereocenters. The van der Waals surface area contributed by atoms with Crippen molar-refractivity contribution in [3.8, 4) is 0 Å². The molecule has 1 unspecified atom stereocenters. The third-order valence-electron chi connectivity index (χ3n) is 3.16. The van der Waals surface area contributed by atoms with Crippen LogP contribution in [0.15, 0.2) is 18.2 Å². The Morgan fingerprint density at radius 3 is 2.83 bits per heavy atom. The Bertz CT molecular complexity index is 481. The molecule has 0 amide bonds. The minimum atomic E-state index is -0.430. The minimum Gasteiger partial charge on any atom is -0.293 e. The topological polar surface area (TPSA) is 60.2 Å². The first-order valence-corrected chi connectivity index (χ1v) is 7.05. The normalized spacial score (nSPS) is 19.5. The summed E-state index contributed by atoms with van der Waals surface area (Å²) in [7, 11) is 0. The zero-order valence-electron chi connectivity index (χ0n) is 10.2. The van der Waals surface area contributed by atoms with Crippen LogP contribution in [0.2, 0.25) is 0 Å². The van der Waals surface area contributed by atoms with Gasteiger partial charge in [-0.05, 0) is 25.5 Å². The molecule has 2 rings (SSSR count). The Labute approximate surface area is 110 Å². The highest BCUT2D eigenvalue weighted by Crippen LogP contribution is 2.29. The number of benzene rings is 1. The number of thioether (sulfide) groups is 1. The molecule has 1 fully saturated rings. The zero-order chi connectivity index (χ0) is 13.1. The molecule has 96 valence electrons. The summed E-state index contributed by atoms with van der Waals surface area (Å²) in [5.74, 6) is 1.03. The maximum atomic E-state index is 12.2. The van der Waals surface area contributed by atoms with Gasteiger partial charge in [-0.25, -0.2) is 0 Å². The molecule has 1 aromatic rings. The lowest BCUT2D eigenvalue weighted by Crippen LogP contribution is -2.21. The van der Waals surface area contributed by atoms with Crippen molar-refractivity contribution in [3.63, 3.8) is 0 Å². The van der Waals surface area contributed by atoms with Crippen LogP contribution in [0, 0.1) is 17.0 Å². The summed E-state index contributed by atoms with van der Waals surface area (Å²) >= 11 is 1.67. The zero-order valence-corrected chi connectivity index (χ0v) is 11.0. The third-order valence-corrected chi connectivity index (χ3v) is 4.54. The van der Waals surface area contributed by atoms with Gasteiger partial charge in [0.25, 0.3) is 5.69 Å². The van der Waals surface area contributed by atoms with E-state index in [4.69, 9.17) is 0 Å². The molecule has 18 heavy (non-hydrogen) atoms. The number of hydrogen-bond acceptors (Lipinski definition) is 4. The predicted molar refractivity (Wildman–Crippen MR) is 72.3 cm³/mol. The molecular formula is C13H15NO3S. The number of carbonyl (C=O) groups excluding carboxylic acids is 1.